The van der Waals surface area contributed by atoms with Crippen molar-refractivity contribution < 1.29 is 9.72 Å². The molecule has 1 saturated heterocycles. The van der Waals surface area contributed by atoms with Crippen LogP contribution in [-0.2, 0) is 6.54 Å². The quantitative estimate of drug-likeness (QED) is 0.486. The number of hydrogen-bond acceptors (Lipinski definition) is 6. The molecule has 9 heteroatoms. The number of fused-ring (bicyclic) bond motifs is 1. The van der Waals surface area contributed by atoms with Crippen LogP contribution >= 0.6 is 0 Å². The Kier molecular flexibility index (Phi) is 5.03. The highest BCUT2D eigenvalue weighted by Crippen LogP contribution is 2.31. The van der Waals surface area contributed by atoms with Crippen LogP contribution in [0.1, 0.15) is 28.9 Å². The zero-order valence-corrected chi connectivity index (χ0v) is 17.1. The lowest BCUT2D eigenvalue weighted by Crippen LogP contribution is -2.46. The van der Waals surface area contributed by atoms with Crippen molar-refractivity contribution in [2.75, 3.05) is 31.1 Å². The van der Waals surface area contributed by atoms with E-state index in [-0.39, 0.29) is 17.6 Å². The summed E-state index contributed by atoms with van der Waals surface area (Å²) in [7, 11) is 0. The van der Waals surface area contributed by atoms with E-state index in [1.54, 1.807) is 12.1 Å². The van der Waals surface area contributed by atoms with E-state index < -0.39 is 4.92 Å². The molecule has 0 radical (unpaired) electrons. The normalized spacial score (nSPS) is 17.1. The Morgan fingerprint density at radius 1 is 1.16 bits per heavy atom. The first kappa shape index (κ1) is 19.5. The number of piperazine rings is 1. The van der Waals surface area contributed by atoms with Crippen LogP contribution in [0.3, 0.4) is 0 Å². The molecule has 2 fully saturated rings. The van der Waals surface area contributed by atoms with Crippen molar-refractivity contribution in [2.24, 2.45) is 0 Å². The highest BCUT2D eigenvalue weighted by Gasteiger charge is 2.27. The molecular weight excluding hydrogens is 396 g/mol. The van der Waals surface area contributed by atoms with E-state index in [1.165, 1.54) is 6.07 Å². The van der Waals surface area contributed by atoms with E-state index in [4.69, 9.17) is 0 Å². The molecule has 1 N–H and O–H groups in total. The number of pyridine rings is 1. The third kappa shape index (κ3) is 4.22. The fraction of sp³-hybridized carbons (Fsp3) is 0.364. The van der Waals surface area contributed by atoms with Gasteiger partial charge in [-0.15, -0.1) is 0 Å². The minimum absolute atomic E-state index is 0.0164. The molecule has 1 aliphatic heterocycles. The Bertz CT molecular complexity index is 1100. The molecule has 0 spiro atoms. The first-order chi connectivity index (χ1) is 15.1. The number of nitro groups is 1. The van der Waals surface area contributed by atoms with Crippen molar-refractivity contribution in [3.63, 3.8) is 0 Å². The molecule has 0 bridgehead atoms. The van der Waals surface area contributed by atoms with Crippen molar-refractivity contribution in [1.29, 1.82) is 0 Å². The SMILES string of the molecule is O=C(NC1CC1)c1ccc(N2CCN(Cc3cn4ccccc4n3)CC2)c([N+](=O)[O-])c1. The number of hydrogen-bond donors (Lipinski definition) is 1. The number of nitrogens with zero attached hydrogens (tertiary/aromatic N) is 5. The fourth-order valence-corrected chi connectivity index (χ4v) is 4.01. The summed E-state index contributed by atoms with van der Waals surface area (Å²) in [6.45, 7) is 3.69. The maximum absolute atomic E-state index is 12.3. The van der Waals surface area contributed by atoms with Crippen LogP contribution in [0.2, 0.25) is 0 Å². The molecule has 2 aliphatic rings. The number of benzene rings is 1. The molecule has 31 heavy (non-hydrogen) atoms. The molecule has 2 aromatic heterocycles. The zero-order chi connectivity index (χ0) is 21.4. The smallest absolute Gasteiger partial charge is 0.293 e. The van der Waals surface area contributed by atoms with E-state index in [2.05, 4.69) is 15.2 Å². The molecular formula is C22H24N6O3. The Morgan fingerprint density at radius 3 is 2.68 bits per heavy atom. The molecule has 3 aromatic rings. The van der Waals surface area contributed by atoms with E-state index >= 15 is 0 Å². The van der Waals surface area contributed by atoms with Gasteiger partial charge < -0.3 is 14.6 Å². The van der Waals surface area contributed by atoms with E-state index in [0.29, 0.717) is 24.3 Å². The highest BCUT2D eigenvalue weighted by atomic mass is 16.6. The van der Waals surface area contributed by atoms with Gasteiger partial charge in [-0.05, 0) is 37.1 Å². The zero-order valence-electron chi connectivity index (χ0n) is 17.1. The molecule has 1 saturated carbocycles. The maximum Gasteiger partial charge on any atom is 0.293 e. The van der Waals surface area contributed by atoms with Crippen molar-refractivity contribution >= 4 is 22.9 Å². The molecule has 1 aliphatic carbocycles. The first-order valence-electron chi connectivity index (χ1n) is 10.6. The lowest BCUT2D eigenvalue weighted by molar-refractivity contribution is -0.384. The van der Waals surface area contributed by atoms with Crippen LogP contribution in [-0.4, -0.2) is 57.3 Å². The van der Waals surface area contributed by atoms with Crippen molar-refractivity contribution in [2.45, 2.75) is 25.4 Å². The summed E-state index contributed by atoms with van der Waals surface area (Å²) >= 11 is 0. The van der Waals surface area contributed by atoms with Crippen LogP contribution in [0.15, 0.2) is 48.8 Å². The summed E-state index contributed by atoms with van der Waals surface area (Å²) in [5.74, 6) is -0.241. The Morgan fingerprint density at radius 2 is 1.97 bits per heavy atom. The largest absolute Gasteiger partial charge is 0.363 e. The number of aromatic nitrogens is 2. The number of imidazole rings is 1. The molecule has 0 atom stereocenters. The minimum atomic E-state index is -0.397. The summed E-state index contributed by atoms with van der Waals surface area (Å²) < 4.78 is 2.01. The van der Waals surface area contributed by atoms with E-state index in [1.807, 2.05) is 39.9 Å². The van der Waals surface area contributed by atoms with Crippen LogP contribution in [0.5, 0.6) is 0 Å². The lowest BCUT2D eigenvalue weighted by Gasteiger charge is -2.35. The standard InChI is InChI=1S/C22H24N6O3/c29-22(24-17-5-6-17)16-4-7-19(20(13-16)28(30)31)26-11-9-25(10-12-26)14-18-15-27-8-2-1-3-21(27)23-18/h1-4,7-8,13,15,17H,5-6,9-12,14H2,(H,24,29). The number of nitrogens with one attached hydrogen (secondary N) is 1. The molecule has 9 nitrogen and oxygen atoms in total. The van der Waals surface area contributed by atoms with Crippen LogP contribution in [0.4, 0.5) is 11.4 Å². The van der Waals surface area contributed by atoms with Crippen LogP contribution in [0.25, 0.3) is 5.65 Å². The van der Waals surface area contributed by atoms with Gasteiger partial charge in [0.25, 0.3) is 11.6 Å². The average molecular weight is 420 g/mol. The Labute approximate surface area is 179 Å². The van der Waals surface area contributed by atoms with E-state index in [0.717, 1.165) is 43.8 Å². The van der Waals surface area contributed by atoms with Gasteiger partial charge in [0, 0.05) is 62.8 Å². The molecule has 3 heterocycles. The first-order valence-corrected chi connectivity index (χ1v) is 10.6. The maximum atomic E-state index is 12.3. The predicted molar refractivity (Wildman–Crippen MR) is 116 cm³/mol. The second kappa shape index (κ2) is 7.99. The number of nitro benzene ring substituents is 1. The Hall–Kier alpha value is -3.46. The summed E-state index contributed by atoms with van der Waals surface area (Å²) in [5, 5.41) is 14.6. The Balaban J connectivity index is 1.25. The molecule has 0 unspecified atom stereocenters. The van der Waals surface area contributed by atoms with Gasteiger partial charge in [-0.25, -0.2) is 4.98 Å². The molecule has 1 amide bonds. The van der Waals surface area contributed by atoms with E-state index in [9.17, 15) is 14.9 Å². The summed E-state index contributed by atoms with van der Waals surface area (Å²) in [6, 6.07) is 10.9. The average Bonchev–Trinajstić information content (AvgIpc) is 3.50. The van der Waals surface area contributed by atoms with Crippen LogP contribution < -0.4 is 10.2 Å². The predicted octanol–water partition coefficient (Wildman–Crippen LogP) is 2.46. The lowest BCUT2D eigenvalue weighted by atomic mass is 10.1. The number of carbonyl (C=O) groups excluding carboxylic acids is 1. The van der Waals surface area contributed by atoms with Gasteiger partial charge in [-0.2, -0.15) is 0 Å². The van der Waals surface area contributed by atoms with Crippen molar-refractivity contribution in [3.05, 3.63) is 70.2 Å². The fourth-order valence-electron chi connectivity index (χ4n) is 4.01. The van der Waals surface area contributed by atoms with Gasteiger partial charge in [0.1, 0.15) is 11.3 Å². The van der Waals surface area contributed by atoms with Crippen LogP contribution in [0, 0.1) is 10.1 Å². The molecule has 1 aromatic carbocycles. The number of anilines is 1. The van der Waals surface area contributed by atoms with Gasteiger partial charge in [-0.1, -0.05) is 6.07 Å². The second-order valence-corrected chi connectivity index (χ2v) is 8.17. The van der Waals surface area contributed by atoms with Gasteiger partial charge in [-0.3, -0.25) is 19.8 Å². The summed E-state index contributed by atoms with van der Waals surface area (Å²) in [4.78, 5) is 32.6. The van der Waals surface area contributed by atoms with Crippen molar-refractivity contribution in [3.8, 4) is 0 Å². The van der Waals surface area contributed by atoms with Gasteiger partial charge in [0.05, 0.1) is 10.6 Å². The van der Waals surface area contributed by atoms with Gasteiger partial charge >= 0.3 is 0 Å². The minimum Gasteiger partial charge on any atom is -0.363 e. The monoisotopic (exact) mass is 420 g/mol. The van der Waals surface area contributed by atoms with Crippen molar-refractivity contribution in [1.82, 2.24) is 19.6 Å². The highest BCUT2D eigenvalue weighted by molar-refractivity contribution is 5.96. The summed E-state index contributed by atoms with van der Waals surface area (Å²) in [5.41, 5.74) is 2.83. The summed E-state index contributed by atoms with van der Waals surface area (Å²) in [6.07, 6.45) is 5.98. The third-order valence-electron chi connectivity index (χ3n) is 5.86. The molecule has 5 rings (SSSR count). The topological polar surface area (TPSA) is 96.0 Å². The number of carbonyl (C=O) groups is 1. The number of amides is 1. The molecule has 160 valence electrons. The second-order valence-electron chi connectivity index (χ2n) is 8.17. The van der Waals surface area contributed by atoms with Gasteiger partial charge in [0.2, 0.25) is 0 Å². The van der Waals surface area contributed by atoms with Gasteiger partial charge in [0.15, 0.2) is 0 Å². The third-order valence-corrected chi connectivity index (χ3v) is 5.86. The number of rotatable bonds is 6.